The molecule has 0 aliphatic rings. The van der Waals surface area contributed by atoms with Crippen LogP contribution >= 0.6 is 0 Å². The average Bonchev–Trinajstić information content (AvgIpc) is 2.75. The quantitative estimate of drug-likeness (QED) is 0.889. The number of hydrogen-bond acceptors (Lipinski definition) is 6. The second-order valence-corrected chi connectivity index (χ2v) is 6.11. The van der Waals surface area contributed by atoms with Gasteiger partial charge in [0, 0.05) is 11.8 Å². The van der Waals surface area contributed by atoms with Crippen molar-refractivity contribution in [2.45, 2.75) is 5.75 Å². The van der Waals surface area contributed by atoms with E-state index in [2.05, 4.69) is 10.1 Å². The normalized spacial score (nSPS) is 11.4. The highest BCUT2D eigenvalue weighted by Crippen LogP contribution is 2.18. The molecule has 0 atom stereocenters. The maximum Gasteiger partial charge on any atom is 0.335 e. The number of aromatic carboxylic acids is 1. The second kappa shape index (κ2) is 4.81. The zero-order chi connectivity index (χ0) is 14.0. The van der Waals surface area contributed by atoms with Crippen molar-refractivity contribution in [1.82, 2.24) is 10.1 Å². The first kappa shape index (κ1) is 13.2. The van der Waals surface area contributed by atoms with Gasteiger partial charge in [-0.25, -0.2) is 13.2 Å². The predicted octanol–water partition coefficient (Wildman–Crippen LogP) is 0.979. The monoisotopic (exact) mass is 282 g/mol. The van der Waals surface area contributed by atoms with Crippen LogP contribution in [0.4, 0.5) is 0 Å². The van der Waals surface area contributed by atoms with E-state index in [9.17, 15) is 13.2 Å². The van der Waals surface area contributed by atoms with Crippen LogP contribution in [0.3, 0.4) is 0 Å². The average molecular weight is 282 g/mol. The van der Waals surface area contributed by atoms with Crippen molar-refractivity contribution in [2.75, 3.05) is 6.26 Å². The Hall–Kier alpha value is -2.22. The van der Waals surface area contributed by atoms with Crippen LogP contribution in [0.15, 0.2) is 28.8 Å². The Kier molecular flexibility index (Phi) is 3.34. The zero-order valence-corrected chi connectivity index (χ0v) is 10.7. The van der Waals surface area contributed by atoms with Gasteiger partial charge in [-0.15, -0.1) is 0 Å². The Balaban J connectivity index is 2.33. The second-order valence-electron chi connectivity index (χ2n) is 3.97. The fourth-order valence-corrected chi connectivity index (χ4v) is 2.01. The Morgan fingerprint density at radius 1 is 1.42 bits per heavy atom. The molecule has 2 aromatic rings. The molecule has 0 amide bonds. The smallest absolute Gasteiger partial charge is 0.335 e. The van der Waals surface area contributed by atoms with Gasteiger partial charge in [0.15, 0.2) is 9.84 Å². The fraction of sp³-hybridized carbons (Fsp3) is 0.182. The van der Waals surface area contributed by atoms with Gasteiger partial charge in [-0.1, -0.05) is 17.3 Å². The van der Waals surface area contributed by atoms with E-state index in [1.54, 1.807) is 12.1 Å². The van der Waals surface area contributed by atoms with E-state index in [1.165, 1.54) is 12.1 Å². The first-order valence-electron chi connectivity index (χ1n) is 5.19. The Bertz CT molecular complexity index is 720. The third kappa shape index (κ3) is 3.38. The van der Waals surface area contributed by atoms with Crippen LogP contribution in [-0.4, -0.2) is 35.9 Å². The van der Waals surface area contributed by atoms with Crippen LogP contribution < -0.4 is 0 Å². The van der Waals surface area contributed by atoms with Gasteiger partial charge in [0.2, 0.25) is 11.7 Å². The molecule has 1 N–H and O–H groups in total. The molecular weight excluding hydrogens is 272 g/mol. The highest BCUT2D eigenvalue weighted by molar-refractivity contribution is 7.89. The molecule has 0 saturated heterocycles. The van der Waals surface area contributed by atoms with Crippen molar-refractivity contribution in [3.05, 3.63) is 35.7 Å². The highest BCUT2D eigenvalue weighted by Gasteiger charge is 2.14. The van der Waals surface area contributed by atoms with Gasteiger partial charge in [0.05, 0.1) is 5.56 Å². The van der Waals surface area contributed by atoms with Crippen LogP contribution in [0, 0.1) is 0 Å². The van der Waals surface area contributed by atoms with Crippen molar-refractivity contribution in [3.8, 4) is 11.4 Å². The third-order valence-corrected chi connectivity index (χ3v) is 2.99. The lowest BCUT2D eigenvalue weighted by atomic mass is 10.1. The lowest BCUT2D eigenvalue weighted by Gasteiger charge is -1.96. The van der Waals surface area contributed by atoms with Crippen LogP contribution in [0.1, 0.15) is 16.2 Å². The van der Waals surface area contributed by atoms with Crippen LogP contribution in [0.5, 0.6) is 0 Å². The minimum Gasteiger partial charge on any atom is -0.478 e. The summed E-state index contributed by atoms with van der Waals surface area (Å²) in [7, 11) is -3.26. The van der Waals surface area contributed by atoms with Crippen LogP contribution in [-0.2, 0) is 15.6 Å². The summed E-state index contributed by atoms with van der Waals surface area (Å²) in [5.41, 5.74) is 0.537. The number of nitrogens with zero attached hydrogens (tertiary/aromatic N) is 2. The van der Waals surface area contributed by atoms with E-state index >= 15 is 0 Å². The van der Waals surface area contributed by atoms with Gasteiger partial charge in [-0.3, -0.25) is 0 Å². The molecule has 0 bridgehead atoms. The van der Waals surface area contributed by atoms with E-state index in [-0.39, 0.29) is 23.0 Å². The lowest BCUT2D eigenvalue weighted by Crippen LogP contribution is -2.00. The number of benzene rings is 1. The number of rotatable bonds is 4. The molecule has 100 valence electrons. The largest absolute Gasteiger partial charge is 0.478 e. The lowest BCUT2D eigenvalue weighted by molar-refractivity contribution is 0.0697. The molecule has 0 saturated carbocycles. The summed E-state index contributed by atoms with van der Waals surface area (Å²) in [6.45, 7) is 0. The molecule has 7 nitrogen and oxygen atoms in total. The first-order chi connectivity index (χ1) is 8.85. The third-order valence-electron chi connectivity index (χ3n) is 2.22. The molecule has 0 fully saturated rings. The van der Waals surface area contributed by atoms with Crippen LogP contribution in [0.25, 0.3) is 11.4 Å². The standard InChI is InChI=1S/C11H10N2O5S/c1-19(16,17)6-9-12-10(13-18-9)7-3-2-4-8(5-7)11(14)15/h2-5H,6H2,1H3,(H,14,15). The highest BCUT2D eigenvalue weighted by atomic mass is 32.2. The molecular formula is C11H10N2O5S. The molecule has 0 unspecified atom stereocenters. The van der Waals surface area contributed by atoms with E-state index < -0.39 is 15.8 Å². The minimum atomic E-state index is -3.26. The molecule has 0 aliphatic carbocycles. The van der Waals surface area contributed by atoms with E-state index in [1.807, 2.05) is 0 Å². The molecule has 0 aliphatic heterocycles. The summed E-state index contributed by atoms with van der Waals surface area (Å²) < 4.78 is 27.0. The number of sulfone groups is 1. The molecule has 2 rings (SSSR count). The summed E-state index contributed by atoms with van der Waals surface area (Å²) >= 11 is 0. The molecule has 1 heterocycles. The number of carbonyl (C=O) groups is 1. The molecule has 1 aromatic heterocycles. The van der Waals surface area contributed by atoms with Crippen molar-refractivity contribution >= 4 is 15.8 Å². The summed E-state index contributed by atoms with van der Waals surface area (Å²) in [6, 6.07) is 5.98. The summed E-state index contributed by atoms with van der Waals surface area (Å²) in [5.74, 6) is -1.29. The topological polar surface area (TPSA) is 110 Å². The van der Waals surface area contributed by atoms with E-state index in [4.69, 9.17) is 9.63 Å². The SMILES string of the molecule is CS(=O)(=O)Cc1nc(-c2cccc(C(=O)O)c2)no1. The van der Waals surface area contributed by atoms with Crippen molar-refractivity contribution < 1.29 is 22.8 Å². The summed E-state index contributed by atoms with van der Waals surface area (Å²) in [5, 5.41) is 12.5. The van der Waals surface area contributed by atoms with Gasteiger partial charge < -0.3 is 9.63 Å². The molecule has 0 spiro atoms. The molecule has 0 radical (unpaired) electrons. The maximum absolute atomic E-state index is 11.1. The van der Waals surface area contributed by atoms with Crippen molar-refractivity contribution in [1.29, 1.82) is 0 Å². The zero-order valence-electron chi connectivity index (χ0n) is 9.90. The minimum absolute atomic E-state index is 0.0294. The Morgan fingerprint density at radius 2 is 2.16 bits per heavy atom. The molecule has 1 aromatic carbocycles. The number of carboxylic acids is 1. The molecule has 19 heavy (non-hydrogen) atoms. The van der Waals surface area contributed by atoms with Gasteiger partial charge in [0.25, 0.3) is 0 Å². The van der Waals surface area contributed by atoms with Crippen molar-refractivity contribution in [2.24, 2.45) is 0 Å². The number of aromatic nitrogens is 2. The summed E-state index contributed by atoms with van der Waals surface area (Å²) in [6.07, 6.45) is 1.06. The van der Waals surface area contributed by atoms with E-state index in [0.29, 0.717) is 5.56 Å². The summed E-state index contributed by atoms with van der Waals surface area (Å²) in [4.78, 5) is 14.8. The predicted molar refractivity (Wildman–Crippen MR) is 65.2 cm³/mol. The maximum atomic E-state index is 11.1. The fourth-order valence-electron chi connectivity index (χ4n) is 1.45. The van der Waals surface area contributed by atoms with Crippen molar-refractivity contribution in [3.63, 3.8) is 0 Å². The molecule has 8 heteroatoms. The van der Waals surface area contributed by atoms with Gasteiger partial charge in [-0.2, -0.15) is 4.98 Å². The van der Waals surface area contributed by atoms with Gasteiger partial charge in [0.1, 0.15) is 5.75 Å². The Labute approximate surface area is 108 Å². The van der Waals surface area contributed by atoms with Gasteiger partial charge >= 0.3 is 5.97 Å². The number of carboxylic acid groups (broad SMARTS) is 1. The Morgan fingerprint density at radius 3 is 2.79 bits per heavy atom. The van der Waals surface area contributed by atoms with E-state index in [0.717, 1.165) is 6.26 Å². The number of hydrogen-bond donors (Lipinski definition) is 1. The first-order valence-corrected chi connectivity index (χ1v) is 7.25. The van der Waals surface area contributed by atoms with Gasteiger partial charge in [-0.05, 0) is 12.1 Å². The van der Waals surface area contributed by atoms with Crippen LogP contribution in [0.2, 0.25) is 0 Å².